The van der Waals surface area contributed by atoms with E-state index in [9.17, 15) is 9.90 Å². The zero-order valence-electron chi connectivity index (χ0n) is 12.7. The van der Waals surface area contributed by atoms with E-state index in [2.05, 4.69) is 5.32 Å². The van der Waals surface area contributed by atoms with Gasteiger partial charge in [-0.05, 0) is 30.7 Å². The maximum Gasteiger partial charge on any atom is 0.162 e. The molecule has 3 N–H and O–H groups in total. The molecular weight excluding hydrogens is 270 g/mol. The molecule has 118 valence electrons. The molecule has 0 radical (unpaired) electrons. The third-order valence-electron chi connectivity index (χ3n) is 3.30. The number of nitrogens with one attached hydrogen (secondary N) is 1. The van der Waals surface area contributed by atoms with Gasteiger partial charge in [-0.15, -0.1) is 0 Å². The molecule has 0 aromatic heterocycles. The van der Waals surface area contributed by atoms with E-state index in [0.29, 0.717) is 24.3 Å². The first-order chi connectivity index (χ1) is 10.1. The number of Topliss-reactive ketones (excluding diaryl/α,β-unsaturated/α-hetero) is 1. The van der Waals surface area contributed by atoms with Gasteiger partial charge in [0.15, 0.2) is 5.78 Å². The molecule has 21 heavy (non-hydrogen) atoms. The zero-order chi connectivity index (χ0) is 15.7. The van der Waals surface area contributed by atoms with Crippen LogP contribution in [0.5, 0.6) is 5.75 Å². The van der Waals surface area contributed by atoms with Crippen LogP contribution in [-0.2, 0) is 0 Å². The molecule has 0 amide bonds. The molecule has 0 heterocycles. The minimum Gasteiger partial charge on any atom is -0.491 e. The highest BCUT2D eigenvalue weighted by Gasteiger charge is 2.09. The summed E-state index contributed by atoms with van der Waals surface area (Å²) in [4.78, 5) is 11.5. The molecule has 2 unspecified atom stereocenters. The van der Waals surface area contributed by atoms with Crippen LogP contribution in [0.2, 0.25) is 0 Å². The van der Waals surface area contributed by atoms with E-state index in [1.54, 1.807) is 24.3 Å². The first kappa shape index (κ1) is 17.6. The third-order valence-corrected chi connectivity index (χ3v) is 3.30. The highest BCUT2D eigenvalue weighted by Crippen LogP contribution is 2.13. The summed E-state index contributed by atoms with van der Waals surface area (Å²) in [5.41, 5.74) is 0.667. The molecule has 0 aliphatic carbocycles. The summed E-state index contributed by atoms with van der Waals surface area (Å²) in [6.45, 7) is 4.38. The van der Waals surface area contributed by atoms with Gasteiger partial charge in [-0.1, -0.05) is 13.8 Å². The number of ketones is 1. The van der Waals surface area contributed by atoms with Crippen LogP contribution in [0.4, 0.5) is 0 Å². The third kappa shape index (κ3) is 6.25. The maximum atomic E-state index is 11.5. The van der Waals surface area contributed by atoms with E-state index in [1.807, 2.05) is 13.8 Å². The van der Waals surface area contributed by atoms with Crippen LogP contribution >= 0.6 is 0 Å². The lowest BCUT2D eigenvalue weighted by Crippen LogP contribution is -2.39. The SMILES string of the molecule is CCC(=O)c1ccc(OCC(O)CNC(CC)CO)cc1. The van der Waals surface area contributed by atoms with Crippen LogP contribution in [0.25, 0.3) is 0 Å². The predicted octanol–water partition coefficient (Wildman–Crippen LogP) is 1.38. The van der Waals surface area contributed by atoms with Gasteiger partial charge < -0.3 is 20.3 Å². The Hall–Kier alpha value is -1.43. The Kier molecular flexibility index (Phi) is 7.97. The average Bonchev–Trinajstić information content (AvgIpc) is 2.53. The summed E-state index contributed by atoms with van der Waals surface area (Å²) >= 11 is 0. The predicted molar refractivity (Wildman–Crippen MR) is 81.7 cm³/mol. The highest BCUT2D eigenvalue weighted by atomic mass is 16.5. The Morgan fingerprint density at radius 1 is 1.29 bits per heavy atom. The smallest absolute Gasteiger partial charge is 0.162 e. The molecule has 5 heteroatoms. The van der Waals surface area contributed by atoms with Crippen LogP contribution in [0, 0.1) is 0 Å². The summed E-state index contributed by atoms with van der Waals surface area (Å²) in [6, 6.07) is 6.91. The standard InChI is InChI=1S/C16H25NO4/c1-3-13(10-18)17-9-14(19)11-21-15-7-5-12(6-8-15)16(20)4-2/h5-8,13-14,17-19H,3-4,9-11H2,1-2H3. The van der Waals surface area contributed by atoms with Crippen LogP contribution in [0.3, 0.4) is 0 Å². The molecule has 1 aromatic rings. The van der Waals surface area contributed by atoms with Crippen molar-refractivity contribution in [1.82, 2.24) is 5.32 Å². The molecule has 0 bridgehead atoms. The summed E-state index contributed by atoms with van der Waals surface area (Å²) in [5.74, 6) is 0.719. The van der Waals surface area contributed by atoms with Crippen molar-refractivity contribution in [1.29, 1.82) is 0 Å². The lowest BCUT2D eigenvalue weighted by molar-refractivity contribution is 0.0980. The fourth-order valence-corrected chi connectivity index (χ4v) is 1.83. The van der Waals surface area contributed by atoms with Gasteiger partial charge in [0, 0.05) is 24.6 Å². The van der Waals surface area contributed by atoms with Crippen molar-refractivity contribution in [3.8, 4) is 5.75 Å². The minimum absolute atomic E-state index is 0.000935. The van der Waals surface area contributed by atoms with Crippen molar-refractivity contribution in [3.63, 3.8) is 0 Å². The molecule has 0 saturated carbocycles. The first-order valence-electron chi connectivity index (χ1n) is 7.39. The van der Waals surface area contributed by atoms with Gasteiger partial charge in [-0.3, -0.25) is 4.79 Å². The lowest BCUT2D eigenvalue weighted by Gasteiger charge is -2.17. The number of carbonyl (C=O) groups excluding carboxylic acids is 1. The summed E-state index contributed by atoms with van der Waals surface area (Å²) in [6.07, 6.45) is 0.632. The number of carbonyl (C=O) groups is 1. The van der Waals surface area contributed by atoms with Gasteiger partial charge in [0.05, 0.1) is 6.61 Å². The van der Waals surface area contributed by atoms with Crippen molar-refractivity contribution in [2.24, 2.45) is 0 Å². The highest BCUT2D eigenvalue weighted by molar-refractivity contribution is 5.95. The van der Waals surface area contributed by atoms with Crippen molar-refractivity contribution in [3.05, 3.63) is 29.8 Å². The van der Waals surface area contributed by atoms with Gasteiger partial charge >= 0.3 is 0 Å². The van der Waals surface area contributed by atoms with Crippen molar-refractivity contribution < 1.29 is 19.7 Å². The number of hydrogen-bond donors (Lipinski definition) is 3. The monoisotopic (exact) mass is 295 g/mol. The molecule has 0 fully saturated rings. The topological polar surface area (TPSA) is 78.8 Å². The molecule has 1 aromatic carbocycles. The second-order valence-electron chi connectivity index (χ2n) is 4.96. The number of benzene rings is 1. The van der Waals surface area contributed by atoms with Gasteiger partial charge in [-0.2, -0.15) is 0 Å². The summed E-state index contributed by atoms with van der Waals surface area (Å²) in [5, 5.41) is 21.9. The van der Waals surface area contributed by atoms with Crippen LogP contribution in [0.1, 0.15) is 37.0 Å². The average molecular weight is 295 g/mol. The number of aliphatic hydroxyl groups excluding tert-OH is 2. The number of hydrogen-bond acceptors (Lipinski definition) is 5. The molecule has 2 atom stereocenters. The number of rotatable bonds is 10. The number of aliphatic hydroxyl groups is 2. The normalized spacial score (nSPS) is 13.7. The van der Waals surface area contributed by atoms with E-state index >= 15 is 0 Å². The molecule has 0 aliphatic heterocycles. The molecule has 0 saturated heterocycles. The Labute approximate surface area is 125 Å². The van der Waals surface area contributed by atoms with E-state index in [4.69, 9.17) is 9.84 Å². The van der Waals surface area contributed by atoms with Crippen molar-refractivity contribution >= 4 is 5.78 Å². The Morgan fingerprint density at radius 3 is 2.48 bits per heavy atom. The fraction of sp³-hybridized carbons (Fsp3) is 0.562. The Balaban J connectivity index is 2.35. The Morgan fingerprint density at radius 2 is 1.95 bits per heavy atom. The quantitative estimate of drug-likeness (QED) is 0.568. The van der Waals surface area contributed by atoms with E-state index < -0.39 is 6.10 Å². The molecule has 5 nitrogen and oxygen atoms in total. The minimum atomic E-state index is -0.650. The van der Waals surface area contributed by atoms with Gasteiger partial charge in [-0.25, -0.2) is 0 Å². The van der Waals surface area contributed by atoms with Crippen molar-refractivity contribution in [2.75, 3.05) is 19.8 Å². The molecule has 0 aliphatic rings. The second kappa shape index (κ2) is 9.50. The first-order valence-corrected chi connectivity index (χ1v) is 7.39. The van der Waals surface area contributed by atoms with E-state index in [1.165, 1.54) is 0 Å². The van der Waals surface area contributed by atoms with Gasteiger partial charge in [0.1, 0.15) is 18.5 Å². The van der Waals surface area contributed by atoms with Crippen molar-refractivity contribution in [2.45, 2.75) is 38.8 Å². The molecule has 0 spiro atoms. The van der Waals surface area contributed by atoms with E-state index in [-0.39, 0.29) is 25.0 Å². The summed E-state index contributed by atoms with van der Waals surface area (Å²) in [7, 11) is 0. The fourth-order valence-electron chi connectivity index (χ4n) is 1.83. The molecule has 1 rings (SSSR count). The Bertz CT molecular complexity index is 415. The van der Waals surface area contributed by atoms with Crippen LogP contribution < -0.4 is 10.1 Å². The molecular formula is C16H25NO4. The number of ether oxygens (including phenoxy) is 1. The zero-order valence-corrected chi connectivity index (χ0v) is 12.7. The largest absolute Gasteiger partial charge is 0.491 e. The van der Waals surface area contributed by atoms with E-state index in [0.717, 1.165) is 6.42 Å². The second-order valence-corrected chi connectivity index (χ2v) is 4.96. The van der Waals surface area contributed by atoms with Gasteiger partial charge in [0.2, 0.25) is 0 Å². The van der Waals surface area contributed by atoms with Crippen LogP contribution in [-0.4, -0.2) is 47.9 Å². The van der Waals surface area contributed by atoms with Crippen LogP contribution in [0.15, 0.2) is 24.3 Å². The lowest BCUT2D eigenvalue weighted by atomic mass is 10.1. The summed E-state index contributed by atoms with van der Waals surface area (Å²) < 4.78 is 5.47. The maximum absolute atomic E-state index is 11.5. The van der Waals surface area contributed by atoms with Gasteiger partial charge in [0.25, 0.3) is 0 Å².